The minimum absolute atomic E-state index is 0.0132. The molecule has 0 saturated carbocycles. The maximum Gasteiger partial charge on any atom is 0.307 e. The summed E-state index contributed by atoms with van der Waals surface area (Å²) in [5, 5.41) is 0. The van der Waals surface area contributed by atoms with Crippen LogP contribution in [-0.2, 0) is 20.9 Å². The predicted octanol–water partition coefficient (Wildman–Crippen LogP) is 2.52. The zero-order chi connectivity index (χ0) is 15.0. The van der Waals surface area contributed by atoms with Gasteiger partial charge in [-0.1, -0.05) is 19.1 Å². The summed E-state index contributed by atoms with van der Waals surface area (Å²) in [4.78, 5) is 24.8. The van der Waals surface area contributed by atoms with Gasteiger partial charge in [0.05, 0.1) is 13.5 Å². The van der Waals surface area contributed by atoms with Gasteiger partial charge in [0.2, 0.25) is 5.91 Å². The first kappa shape index (κ1) is 16.1. The monoisotopic (exact) mass is 281 g/mol. The van der Waals surface area contributed by atoms with Gasteiger partial charge in [-0.05, 0) is 24.1 Å². The standard InChI is InChI=1S/C15H20FNO3/c1-3-4-14(18)17(10-9-15(19)20-2)11-12-5-7-13(16)8-6-12/h5-8H,3-4,9-11H2,1-2H3. The van der Waals surface area contributed by atoms with Gasteiger partial charge >= 0.3 is 5.97 Å². The summed E-state index contributed by atoms with van der Waals surface area (Å²) in [7, 11) is 1.32. The lowest BCUT2D eigenvalue weighted by atomic mass is 10.2. The molecule has 0 heterocycles. The number of carbonyl (C=O) groups excluding carboxylic acids is 2. The van der Waals surface area contributed by atoms with Crippen LogP contribution in [0.15, 0.2) is 24.3 Å². The van der Waals surface area contributed by atoms with E-state index in [1.54, 1.807) is 17.0 Å². The molecule has 0 N–H and O–H groups in total. The van der Waals surface area contributed by atoms with Crippen molar-refractivity contribution in [2.75, 3.05) is 13.7 Å². The molecule has 0 bridgehead atoms. The lowest BCUT2D eigenvalue weighted by Gasteiger charge is -2.22. The van der Waals surface area contributed by atoms with Crippen molar-refractivity contribution < 1.29 is 18.7 Å². The summed E-state index contributed by atoms with van der Waals surface area (Å²) in [6, 6.07) is 6.00. The van der Waals surface area contributed by atoms with E-state index < -0.39 is 0 Å². The number of amides is 1. The van der Waals surface area contributed by atoms with Crippen LogP contribution >= 0.6 is 0 Å². The van der Waals surface area contributed by atoms with Crippen molar-refractivity contribution in [1.29, 1.82) is 0 Å². The third-order valence-corrected chi connectivity index (χ3v) is 2.92. The lowest BCUT2D eigenvalue weighted by molar-refractivity contribution is -0.142. The average molecular weight is 281 g/mol. The van der Waals surface area contributed by atoms with Gasteiger partial charge in [0.15, 0.2) is 0 Å². The average Bonchev–Trinajstić information content (AvgIpc) is 2.45. The normalized spacial score (nSPS) is 10.2. The highest BCUT2D eigenvalue weighted by molar-refractivity contribution is 5.77. The van der Waals surface area contributed by atoms with E-state index in [1.807, 2.05) is 6.92 Å². The fourth-order valence-corrected chi connectivity index (χ4v) is 1.80. The molecule has 0 unspecified atom stereocenters. The first-order chi connectivity index (χ1) is 9.56. The molecular weight excluding hydrogens is 261 g/mol. The van der Waals surface area contributed by atoms with Crippen LogP contribution in [0.4, 0.5) is 4.39 Å². The van der Waals surface area contributed by atoms with Gasteiger partial charge in [-0.15, -0.1) is 0 Å². The molecule has 1 rings (SSSR count). The van der Waals surface area contributed by atoms with Crippen LogP contribution in [0.5, 0.6) is 0 Å². The van der Waals surface area contributed by atoms with Crippen molar-refractivity contribution in [1.82, 2.24) is 4.90 Å². The molecule has 0 spiro atoms. The number of halogens is 1. The molecule has 0 aromatic heterocycles. The van der Waals surface area contributed by atoms with E-state index in [9.17, 15) is 14.0 Å². The van der Waals surface area contributed by atoms with Crippen LogP contribution in [0.2, 0.25) is 0 Å². The molecule has 1 amide bonds. The fraction of sp³-hybridized carbons (Fsp3) is 0.467. The number of carbonyl (C=O) groups is 2. The predicted molar refractivity (Wildman–Crippen MR) is 73.4 cm³/mol. The van der Waals surface area contributed by atoms with Crippen LogP contribution in [0.25, 0.3) is 0 Å². The number of esters is 1. The molecule has 0 fully saturated rings. The molecule has 0 aliphatic carbocycles. The topological polar surface area (TPSA) is 46.6 Å². The van der Waals surface area contributed by atoms with Crippen molar-refractivity contribution in [3.05, 3.63) is 35.6 Å². The van der Waals surface area contributed by atoms with Gasteiger partial charge in [0.25, 0.3) is 0 Å². The fourth-order valence-electron chi connectivity index (χ4n) is 1.80. The molecule has 0 aliphatic heterocycles. The number of nitrogens with zero attached hydrogens (tertiary/aromatic N) is 1. The van der Waals surface area contributed by atoms with Crippen LogP contribution in [0, 0.1) is 5.82 Å². The number of hydrogen-bond acceptors (Lipinski definition) is 3. The van der Waals surface area contributed by atoms with E-state index in [2.05, 4.69) is 4.74 Å². The second-order valence-electron chi connectivity index (χ2n) is 4.52. The van der Waals surface area contributed by atoms with Crippen molar-refractivity contribution >= 4 is 11.9 Å². The second-order valence-corrected chi connectivity index (χ2v) is 4.52. The highest BCUT2D eigenvalue weighted by Crippen LogP contribution is 2.09. The van der Waals surface area contributed by atoms with E-state index in [0.29, 0.717) is 19.5 Å². The van der Waals surface area contributed by atoms with Crippen molar-refractivity contribution in [3.8, 4) is 0 Å². The number of benzene rings is 1. The van der Waals surface area contributed by atoms with E-state index in [0.717, 1.165) is 12.0 Å². The Balaban J connectivity index is 2.68. The minimum Gasteiger partial charge on any atom is -0.469 e. The zero-order valence-corrected chi connectivity index (χ0v) is 11.9. The van der Waals surface area contributed by atoms with Crippen molar-refractivity contribution in [2.24, 2.45) is 0 Å². The Morgan fingerprint density at radius 3 is 2.40 bits per heavy atom. The Morgan fingerprint density at radius 1 is 1.20 bits per heavy atom. The Morgan fingerprint density at radius 2 is 1.85 bits per heavy atom. The van der Waals surface area contributed by atoms with E-state index in [-0.39, 0.29) is 24.1 Å². The van der Waals surface area contributed by atoms with Crippen molar-refractivity contribution in [3.63, 3.8) is 0 Å². The van der Waals surface area contributed by atoms with Gasteiger partial charge in [0, 0.05) is 19.5 Å². The summed E-state index contributed by atoms with van der Waals surface area (Å²) in [6.45, 7) is 2.60. The number of methoxy groups -OCH3 is 1. The van der Waals surface area contributed by atoms with Gasteiger partial charge in [-0.2, -0.15) is 0 Å². The first-order valence-corrected chi connectivity index (χ1v) is 6.65. The summed E-state index contributed by atoms with van der Waals surface area (Å²) < 4.78 is 17.4. The highest BCUT2D eigenvalue weighted by Gasteiger charge is 2.15. The zero-order valence-electron chi connectivity index (χ0n) is 11.9. The van der Waals surface area contributed by atoms with Gasteiger partial charge in [-0.25, -0.2) is 4.39 Å². The molecule has 0 radical (unpaired) electrons. The summed E-state index contributed by atoms with van der Waals surface area (Å²) in [6.07, 6.45) is 1.34. The van der Waals surface area contributed by atoms with Crippen LogP contribution < -0.4 is 0 Å². The Bertz CT molecular complexity index is 445. The van der Waals surface area contributed by atoms with E-state index in [4.69, 9.17) is 0 Å². The molecule has 0 saturated heterocycles. The quantitative estimate of drug-likeness (QED) is 0.721. The molecule has 0 aliphatic rings. The minimum atomic E-state index is -0.349. The molecule has 1 aromatic rings. The summed E-state index contributed by atoms with van der Waals surface area (Å²) in [5.41, 5.74) is 0.834. The maximum atomic E-state index is 12.9. The summed E-state index contributed by atoms with van der Waals surface area (Å²) in [5.74, 6) is -0.672. The highest BCUT2D eigenvalue weighted by atomic mass is 19.1. The molecule has 5 heteroatoms. The number of hydrogen-bond donors (Lipinski definition) is 0. The molecule has 0 atom stereocenters. The largest absolute Gasteiger partial charge is 0.469 e. The maximum absolute atomic E-state index is 12.9. The lowest BCUT2D eigenvalue weighted by Crippen LogP contribution is -2.32. The van der Waals surface area contributed by atoms with Gasteiger partial charge in [-0.3, -0.25) is 9.59 Å². The first-order valence-electron chi connectivity index (χ1n) is 6.65. The molecule has 20 heavy (non-hydrogen) atoms. The third-order valence-electron chi connectivity index (χ3n) is 2.92. The van der Waals surface area contributed by atoms with Gasteiger partial charge in [0.1, 0.15) is 5.82 Å². The molecule has 4 nitrogen and oxygen atoms in total. The van der Waals surface area contributed by atoms with Gasteiger partial charge < -0.3 is 9.64 Å². The van der Waals surface area contributed by atoms with E-state index >= 15 is 0 Å². The molecule has 1 aromatic carbocycles. The number of rotatable bonds is 7. The van der Waals surface area contributed by atoms with Crippen molar-refractivity contribution in [2.45, 2.75) is 32.7 Å². The SMILES string of the molecule is CCCC(=O)N(CCC(=O)OC)Cc1ccc(F)cc1. The molecular formula is C15H20FNO3. The Hall–Kier alpha value is -1.91. The van der Waals surface area contributed by atoms with E-state index in [1.165, 1.54) is 19.2 Å². The Labute approximate surface area is 118 Å². The smallest absolute Gasteiger partial charge is 0.307 e. The van der Waals surface area contributed by atoms with Crippen LogP contribution in [0.1, 0.15) is 31.7 Å². The Kier molecular flexibility index (Phi) is 6.70. The third kappa shape index (κ3) is 5.38. The number of ether oxygens (including phenoxy) is 1. The van der Waals surface area contributed by atoms with Crippen LogP contribution in [0.3, 0.4) is 0 Å². The van der Waals surface area contributed by atoms with Crippen LogP contribution in [-0.4, -0.2) is 30.4 Å². The second kappa shape index (κ2) is 8.30. The molecule has 110 valence electrons. The summed E-state index contributed by atoms with van der Waals surface area (Å²) >= 11 is 0.